The summed E-state index contributed by atoms with van der Waals surface area (Å²) in [5, 5.41) is 4.29. The number of benzene rings is 3. The standard InChI is InChI=1S/C41H44N4O3S.C6H12O/c1-26-30(16-12-19-35(26)47-29-14-7-6-8-15-29)32-21-22-37(44-38(32)39(46)48-41(3,4)5)45-24-23-28-13-11-17-31(33(28)25-45)27(2)42-40-43-34-18-9-10-20-36(34)49-40;1-3-5-6(7)4-2/h9-13,16-22,29H,2,6-8,14-15,23-25H2,1,3-5H3,(H,42,43);3-5H2,1-2H3. The minimum Gasteiger partial charge on any atom is -0.490 e. The van der Waals surface area contributed by atoms with Crippen LogP contribution in [0.2, 0.25) is 0 Å². The highest BCUT2D eigenvalue weighted by atomic mass is 32.1. The van der Waals surface area contributed by atoms with Crippen molar-refractivity contribution in [2.24, 2.45) is 0 Å². The predicted octanol–water partition coefficient (Wildman–Crippen LogP) is 11.7. The van der Waals surface area contributed by atoms with E-state index < -0.39 is 11.6 Å². The van der Waals surface area contributed by atoms with Gasteiger partial charge >= 0.3 is 5.97 Å². The maximum atomic E-state index is 13.8. The van der Waals surface area contributed by atoms with Gasteiger partial charge in [0, 0.05) is 42.8 Å². The highest BCUT2D eigenvalue weighted by Gasteiger charge is 2.27. The van der Waals surface area contributed by atoms with Gasteiger partial charge in [-0.25, -0.2) is 14.8 Å². The molecular formula is C47H56N4O4S. The van der Waals surface area contributed by atoms with Crippen molar-refractivity contribution in [1.82, 2.24) is 9.97 Å². The largest absolute Gasteiger partial charge is 0.490 e. The SMILES string of the molecule is C=C(Nc1nc2ccccc2s1)c1cccc2c1CN(c1ccc(-c3cccc(OC4CCCCC4)c3C)c(C(=O)OC(C)(C)C)n1)CC2.CCCC(=O)CC. The number of ether oxygens (including phenoxy) is 2. The first-order chi connectivity index (χ1) is 26.9. The summed E-state index contributed by atoms with van der Waals surface area (Å²) in [7, 11) is 0. The van der Waals surface area contributed by atoms with Gasteiger partial charge in [0.25, 0.3) is 0 Å². The van der Waals surface area contributed by atoms with Crippen LogP contribution in [0.3, 0.4) is 0 Å². The molecule has 7 rings (SSSR count). The van der Waals surface area contributed by atoms with E-state index in [4.69, 9.17) is 19.4 Å². The lowest BCUT2D eigenvalue weighted by atomic mass is 9.93. The Morgan fingerprint density at radius 3 is 2.41 bits per heavy atom. The van der Waals surface area contributed by atoms with Crippen molar-refractivity contribution in [2.75, 3.05) is 16.8 Å². The quantitative estimate of drug-likeness (QED) is 0.133. The Kier molecular flexibility index (Phi) is 13.3. The Morgan fingerprint density at radius 2 is 1.70 bits per heavy atom. The minimum absolute atomic E-state index is 0.230. The first kappa shape index (κ1) is 40.6. The molecule has 2 aliphatic rings. The number of para-hydroxylation sites is 1. The number of ketones is 1. The molecule has 0 atom stereocenters. The normalized spacial score (nSPS) is 14.4. The molecule has 0 spiro atoms. The molecule has 2 aromatic heterocycles. The molecule has 0 amide bonds. The maximum absolute atomic E-state index is 13.8. The van der Waals surface area contributed by atoms with Crippen molar-refractivity contribution in [2.45, 2.75) is 118 Å². The maximum Gasteiger partial charge on any atom is 0.358 e. The molecule has 3 heterocycles. The number of hydrogen-bond donors (Lipinski definition) is 1. The third-order valence-electron chi connectivity index (χ3n) is 10.3. The molecule has 0 unspecified atom stereocenters. The molecule has 1 aliphatic heterocycles. The van der Waals surface area contributed by atoms with Gasteiger partial charge in [-0.05, 0) is 119 Å². The second kappa shape index (κ2) is 18.3. The zero-order chi connectivity index (χ0) is 39.8. The summed E-state index contributed by atoms with van der Waals surface area (Å²) in [5.41, 5.74) is 7.64. The molecule has 5 aromatic rings. The van der Waals surface area contributed by atoms with Gasteiger partial charge in [-0.2, -0.15) is 0 Å². The van der Waals surface area contributed by atoms with Gasteiger partial charge in [0.05, 0.1) is 16.3 Å². The highest BCUT2D eigenvalue weighted by Crippen LogP contribution is 2.37. The summed E-state index contributed by atoms with van der Waals surface area (Å²) in [4.78, 5) is 36.3. The molecule has 56 heavy (non-hydrogen) atoms. The van der Waals surface area contributed by atoms with E-state index in [9.17, 15) is 9.59 Å². The fourth-order valence-electron chi connectivity index (χ4n) is 7.36. The van der Waals surface area contributed by atoms with Crippen molar-refractivity contribution in [3.05, 3.63) is 107 Å². The van der Waals surface area contributed by atoms with Crippen molar-refractivity contribution in [1.29, 1.82) is 0 Å². The van der Waals surface area contributed by atoms with Crippen LogP contribution in [-0.2, 0) is 22.5 Å². The molecule has 294 valence electrons. The average molecular weight is 773 g/mol. The third-order valence-corrected chi connectivity index (χ3v) is 11.2. The molecule has 0 saturated heterocycles. The van der Waals surface area contributed by atoms with Crippen molar-refractivity contribution in [3.8, 4) is 16.9 Å². The molecule has 3 aromatic carbocycles. The lowest BCUT2D eigenvalue weighted by Crippen LogP contribution is -2.32. The van der Waals surface area contributed by atoms with Crippen LogP contribution in [0.1, 0.15) is 119 Å². The first-order valence-electron chi connectivity index (χ1n) is 20.1. The monoisotopic (exact) mass is 772 g/mol. The van der Waals surface area contributed by atoms with E-state index in [0.717, 1.165) is 93.5 Å². The van der Waals surface area contributed by atoms with Gasteiger partial charge in [0.2, 0.25) is 0 Å². The van der Waals surface area contributed by atoms with Crippen molar-refractivity contribution < 1.29 is 19.1 Å². The van der Waals surface area contributed by atoms with Crippen LogP contribution < -0.4 is 15.0 Å². The number of pyridine rings is 1. The van der Waals surface area contributed by atoms with Crippen LogP contribution in [0.5, 0.6) is 5.75 Å². The number of aromatic nitrogens is 2. The summed E-state index contributed by atoms with van der Waals surface area (Å²) in [6, 6.07) is 24.7. The van der Waals surface area contributed by atoms with Gasteiger partial charge in [-0.1, -0.05) is 80.6 Å². The Bertz CT molecular complexity index is 2150. The molecule has 1 N–H and O–H groups in total. The summed E-state index contributed by atoms with van der Waals surface area (Å²) in [5.74, 6) is 1.54. The lowest BCUT2D eigenvalue weighted by molar-refractivity contribution is -0.118. The Morgan fingerprint density at radius 1 is 0.929 bits per heavy atom. The summed E-state index contributed by atoms with van der Waals surface area (Å²) in [6.07, 6.45) is 9.37. The molecule has 8 nitrogen and oxygen atoms in total. The number of nitrogens with zero attached hydrogens (tertiary/aromatic N) is 3. The zero-order valence-corrected chi connectivity index (χ0v) is 34.7. The van der Waals surface area contributed by atoms with Gasteiger partial charge in [-0.3, -0.25) is 4.79 Å². The Labute approximate surface area is 336 Å². The molecule has 9 heteroatoms. The van der Waals surface area contributed by atoms with E-state index >= 15 is 0 Å². The minimum atomic E-state index is -0.664. The summed E-state index contributed by atoms with van der Waals surface area (Å²) in [6.45, 7) is 17.5. The van der Waals surface area contributed by atoms with Crippen LogP contribution in [0.25, 0.3) is 27.0 Å². The van der Waals surface area contributed by atoms with E-state index in [2.05, 4.69) is 48.0 Å². The highest BCUT2D eigenvalue weighted by molar-refractivity contribution is 7.22. The van der Waals surface area contributed by atoms with Crippen LogP contribution in [-0.4, -0.2) is 40.0 Å². The summed E-state index contributed by atoms with van der Waals surface area (Å²) >= 11 is 1.62. The second-order valence-electron chi connectivity index (χ2n) is 15.7. The number of anilines is 2. The number of thiazole rings is 1. The van der Waals surface area contributed by atoms with Gasteiger partial charge in [-0.15, -0.1) is 0 Å². The number of hydrogen-bond acceptors (Lipinski definition) is 9. The predicted molar refractivity (Wildman–Crippen MR) is 231 cm³/mol. The van der Waals surface area contributed by atoms with Gasteiger partial charge in [0.1, 0.15) is 23.0 Å². The van der Waals surface area contributed by atoms with Crippen LogP contribution >= 0.6 is 11.3 Å². The number of rotatable bonds is 11. The lowest BCUT2D eigenvalue weighted by Gasteiger charge is -2.32. The second-order valence-corrected chi connectivity index (χ2v) is 16.8. The van der Waals surface area contributed by atoms with E-state index in [1.54, 1.807) is 11.3 Å². The fourth-order valence-corrected chi connectivity index (χ4v) is 8.25. The smallest absolute Gasteiger partial charge is 0.358 e. The topological polar surface area (TPSA) is 93.7 Å². The Balaban J connectivity index is 0.000000695. The van der Waals surface area contributed by atoms with E-state index in [1.807, 2.05) is 83.1 Å². The average Bonchev–Trinajstić information content (AvgIpc) is 3.60. The third kappa shape index (κ3) is 10.0. The fraction of sp³-hybridized carbons (Fsp3) is 0.404. The first-order valence-corrected chi connectivity index (χ1v) is 21.0. The van der Waals surface area contributed by atoms with Crippen LogP contribution in [0, 0.1) is 6.92 Å². The Hall–Kier alpha value is -5.02. The number of fused-ring (bicyclic) bond motifs is 2. The number of Topliss-reactive ketones (excluding diaryl/α,β-unsaturated/α-hetero) is 1. The molecule has 0 radical (unpaired) electrons. The molecule has 1 fully saturated rings. The number of carbonyl (C=O) groups is 2. The van der Waals surface area contributed by atoms with Crippen LogP contribution in [0.15, 0.2) is 79.4 Å². The number of esters is 1. The van der Waals surface area contributed by atoms with Gasteiger partial charge < -0.3 is 19.7 Å². The van der Waals surface area contributed by atoms with E-state index in [-0.39, 0.29) is 6.10 Å². The zero-order valence-electron chi connectivity index (χ0n) is 33.9. The van der Waals surface area contributed by atoms with Crippen molar-refractivity contribution in [3.63, 3.8) is 0 Å². The molecule has 0 bridgehead atoms. The van der Waals surface area contributed by atoms with Gasteiger partial charge in [0.15, 0.2) is 10.8 Å². The van der Waals surface area contributed by atoms with E-state index in [0.29, 0.717) is 24.4 Å². The molecular weight excluding hydrogens is 717 g/mol. The number of nitrogens with one attached hydrogen (secondary N) is 1. The van der Waals surface area contributed by atoms with Crippen LogP contribution in [0.4, 0.5) is 10.9 Å². The number of carbonyl (C=O) groups excluding carboxylic acids is 2. The molecule has 1 saturated carbocycles. The molecule has 1 aliphatic carbocycles. The van der Waals surface area contributed by atoms with Crippen molar-refractivity contribution >= 4 is 50.0 Å². The summed E-state index contributed by atoms with van der Waals surface area (Å²) < 4.78 is 13.6. The van der Waals surface area contributed by atoms with E-state index in [1.165, 1.54) is 30.4 Å².